The minimum absolute atomic E-state index is 0.0350. The molecule has 2 atom stereocenters. The molecule has 1 saturated heterocycles. The number of halogens is 1. The number of nitrogens with zero attached hydrogens (tertiary/aromatic N) is 2. The molecule has 0 aromatic heterocycles. The number of methoxy groups -OCH3 is 1. The fraction of sp³-hybridized carbons (Fsp3) is 0.600. The summed E-state index contributed by atoms with van der Waals surface area (Å²) in [5.74, 6) is -0.420. The van der Waals surface area contributed by atoms with Gasteiger partial charge in [0, 0.05) is 32.8 Å². The van der Waals surface area contributed by atoms with Crippen molar-refractivity contribution in [2.75, 3.05) is 20.2 Å². The zero-order chi connectivity index (χ0) is 20.0. The van der Waals surface area contributed by atoms with Crippen molar-refractivity contribution < 1.29 is 18.7 Å². The van der Waals surface area contributed by atoms with Crippen LogP contribution in [0.3, 0.4) is 0 Å². The van der Waals surface area contributed by atoms with E-state index in [4.69, 9.17) is 9.47 Å². The first kappa shape index (κ1) is 21.1. The fourth-order valence-electron chi connectivity index (χ4n) is 3.22. The number of piperidine rings is 1. The summed E-state index contributed by atoms with van der Waals surface area (Å²) in [6.45, 7) is 7.15. The van der Waals surface area contributed by atoms with Gasteiger partial charge in [-0.05, 0) is 51.3 Å². The molecule has 1 aromatic carbocycles. The van der Waals surface area contributed by atoms with Crippen molar-refractivity contribution in [3.63, 3.8) is 0 Å². The first-order valence-corrected chi connectivity index (χ1v) is 9.14. The molecule has 7 heteroatoms. The van der Waals surface area contributed by atoms with Crippen LogP contribution in [-0.2, 0) is 16.0 Å². The predicted molar refractivity (Wildman–Crippen MR) is 99.6 cm³/mol. The third-order valence-electron chi connectivity index (χ3n) is 4.57. The monoisotopic (exact) mass is 377 g/mol. The summed E-state index contributed by atoms with van der Waals surface area (Å²) in [5, 5.41) is 12.1. The zero-order valence-corrected chi connectivity index (χ0v) is 16.4. The number of carbonyl (C=O) groups excluding carboxylic acids is 1. The highest BCUT2D eigenvalue weighted by molar-refractivity contribution is 5.67. The van der Waals surface area contributed by atoms with Crippen molar-refractivity contribution in [2.45, 2.75) is 57.9 Å². The Morgan fingerprint density at radius 3 is 2.81 bits per heavy atom. The maximum atomic E-state index is 13.4. The molecule has 148 valence electrons. The number of ether oxygens (including phenoxy) is 2. The molecule has 0 radical (unpaired) electrons. The number of benzene rings is 1. The number of carbonyl (C=O) groups is 1. The summed E-state index contributed by atoms with van der Waals surface area (Å²) in [4.78, 5) is 14.2. The molecular weight excluding hydrogens is 349 g/mol. The number of amides is 1. The van der Waals surface area contributed by atoms with Gasteiger partial charge in [-0.25, -0.2) is 9.18 Å². The van der Waals surface area contributed by atoms with Crippen LogP contribution in [0.2, 0.25) is 0 Å². The molecule has 0 aliphatic carbocycles. The number of hydrogen-bond acceptors (Lipinski definition) is 5. The van der Waals surface area contributed by atoms with Crippen molar-refractivity contribution in [1.82, 2.24) is 10.2 Å². The van der Waals surface area contributed by atoms with Gasteiger partial charge in [-0.2, -0.15) is 5.26 Å². The van der Waals surface area contributed by atoms with Crippen LogP contribution in [0.4, 0.5) is 9.18 Å². The van der Waals surface area contributed by atoms with Gasteiger partial charge in [0.05, 0.1) is 17.7 Å². The van der Waals surface area contributed by atoms with Crippen molar-refractivity contribution in [3.05, 3.63) is 35.1 Å². The van der Waals surface area contributed by atoms with Crippen LogP contribution in [0.1, 0.15) is 44.7 Å². The summed E-state index contributed by atoms with van der Waals surface area (Å²) in [6, 6.07) is 6.36. The second-order valence-electron chi connectivity index (χ2n) is 7.80. The molecule has 1 aromatic rings. The van der Waals surface area contributed by atoms with E-state index in [2.05, 4.69) is 16.3 Å². The van der Waals surface area contributed by atoms with E-state index in [-0.39, 0.29) is 12.1 Å². The second-order valence-corrected chi connectivity index (χ2v) is 7.80. The van der Waals surface area contributed by atoms with E-state index in [1.54, 1.807) is 13.2 Å². The largest absolute Gasteiger partial charge is 0.444 e. The van der Waals surface area contributed by atoms with Gasteiger partial charge in [0.2, 0.25) is 0 Å². The Morgan fingerprint density at radius 1 is 1.44 bits per heavy atom. The Labute approximate surface area is 160 Å². The lowest BCUT2D eigenvalue weighted by molar-refractivity contribution is 0.00546. The Hall–Kier alpha value is -2.17. The average molecular weight is 377 g/mol. The standard InChI is InChI=1S/C20H28FN3O3/c1-20(2,3)27-19(25)23-12-17-10-18(26-4)7-8-24(17)13-14-5-6-16(21)9-15(14)11-22/h5-6,9,17-18H,7-8,10,12-13H2,1-4H3,(H,23,25)/t17-,18-/m0/s1. The van der Waals surface area contributed by atoms with Crippen LogP contribution in [-0.4, -0.2) is 48.9 Å². The molecular formula is C20H28FN3O3. The Bertz CT molecular complexity index is 697. The zero-order valence-electron chi connectivity index (χ0n) is 16.4. The van der Waals surface area contributed by atoms with Gasteiger partial charge in [0.15, 0.2) is 0 Å². The number of nitrogens with one attached hydrogen (secondary N) is 1. The topological polar surface area (TPSA) is 74.6 Å². The lowest BCUT2D eigenvalue weighted by Gasteiger charge is -2.39. The van der Waals surface area contributed by atoms with E-state index in [1.807, 2.05) is 20.8 Å². The summed E-state index contributed by atoms with van der Waals surface area (Å²) in [7, 11) is 1.69. The molecule has 1 heterocycles. The maximum Gasteiger partial charge on any atom is 0.407 e. The molecule has 0 bridgehead atoms. The molecule has 1 N–H and O–H groups in total. The van der Waals surface area contributed by atoms with Gasteiger partial charge in [0.1, 0.15) is 11.4 Å². The van der Waals surface area contributed by atoms with Crippen molar-refractivity contribution in [3.8, 4) is 6.07 Å². The number of hydrogen-bond donors (Lipinski definition) is 1. The SMILES string of the molecule is CO[C@H]1CCN(Cc2ccc(F)cc2C#N)[C@H](CNC(=O)OC(C)(C)C)C1. The van der Waals surface area contributed by atoms with Crippen molar-refractivity contribution in [2.24, 2.45) is 0 Å². The number of rotatable bonds is 5. The Balaban J connectivity index is 2.06. The summed E-state index contributed by atoms with van der Waals surface area (Å²) >= 11 is 0. The quantitative estimate of drug-likeness (QED) is 0.853. The molecule has 1 aliphatic heterocycles. The Morgan fingerprint density at radius 2 is 2.19 bits per heavy atom. The van der Waals surface area contributed by atoms with Crippen LogP contribution in [0.25, 0.3) is 0 Å². The van der Waals surface area contributed by atoms with Crippen LogP contribution in [0.5, 0.6) is 0 Å². The third kappa shape index (κ3) is 6.49. The molecule has 1 aliphatic rings. The van der Waals surface area contributed by atoms with E-state index < -0.39 is 17.5 Å². The van der Waals surface area contributed by atoms with E-state index in [0.717, 1.165) is 24.9 Å². The molecule has 0 saturated carbocycles. The molecule has 0 unspecified atom stereocenters. The molecule has 2 rings (SSSR count). The molecule has 1 fully saturated rings. The van der Waals surface area contributed by atoms with Gasteiger partial charge in [-0.1, -0.05) is 6.07 Å². The highest BCUT2D eigenvalue weighted by Gasteiger charge is 2.29. The smallest absolute Gasteiger partial charge is 0.407 e. The lowest BCUT2D eigenvalue weighted by atomic mass is 9.97. The molecule has 0 spiro atoms. The minimum Gasteiger partial charge on any atom is -0.444 e. The van der Waals surface area contributed by atoms with Crippen molar-refractivity contribution >= 4 is 6.09 Å². The normalized spacial score (nSPS) is 20.7. The van der Waals surface area contributed by atoms with Gasteiger partial charge in [-0.15, -0.1) is 0 Å². The van der Waals surface area contributed by atoms with E-state index in [1.165, 1.54) is 12.1 Å². The predicted octanol–water partition coefficient (Wildman–Crippen LogP) is 3.20. The van der Waals surface area contributed by atoms with Crippen LogP contribution >= 0.6 is 0 Å². The first-order valence-electron chi connectivity index (χ1n) is 9.14. The molecule has 27 heavy (non-hydrogen) atoms. The first-order chi connectivity index (χ1) is 12.7. The second kappa shape index (κ2) is 9.16. The van der Waals surface area contributed by atoms with E-state index >= 15 is 0 Å². The Kier molecular flexibility index (Phi) is 7.17. The van der Waals surface area contributed by atoms with Gasteiger partial charge < -0.3 is 14.8 Å². The third-order valence-corrected chi connectivity index (χ3v) is 4.57. The van der Waals surface area contributed by atoms with Crippen LogP contribution in [0.15, 0.2) is 18.2 Å². The van der Waals surface area contributed by atoms with Crippen molar-refractivity contribution in [1.29, 1.82) is 5.26 Å². The molecule has 6 nitrogen and oxygen atoms in total. The van der Waals surface area contributed by atoms with E-state index in [0.29, 0.717) is 18.7 Å². The average Bonchev–Trinajstić information content (AvgIpc) is 2.60. The molecule has 1 amide bonds. The fourth-order valence-corrected chi connectivity index (χ4v) is 3.22. The summed E-state index contributed by atoms with van der Waals surface area (Å²) < 4.78 is 24.2. The highest BCUT2D eigenvalue weighted by atomic mass is 19.1. The van der Waals surface area contributed by atoms with Gasteiger partial charge in [0.25, 0.3) is 0 Å². The number of likely N-dealkylation sites (tertiary alicyclic amines) is 1. The van der Waals surface area contributed by atoms with Gasteiger partial charge >= 0.3 is 6.09 Å². The van der Waals surface area contributed by atoms with E-state index in [9.17, 15) is 14.4 Å². The van der Waals surface area contributed by atoms with Crippen LogP contribution in [0, 0.1) is 17.1 Å². The maximum absolute atomic E-state index is 13.4. The minimum atomic E-state index is -0.554. The number of nitriles is 1. The van der Waals surface area contributed by atoms with Crippen LogP contribution < -0.4 is 5.32 Å². The summed E-state index contributed by atoms with van der Waals surface area (Å²) in [5.41, 5.74) is 0.557. The highest BCUT2D eigenvalue weighted by Crippen LogP contribution is 2.23. The number of alkyl carbamates (subject to hydrolysis) is 1. The van der Waals surface area contributed by atoms with Gasteiger partial charge in [-0.3, -0.25) is 4.90 Å². The summed E-state index contributed by atoms with van der Waals surface area (Å²) in [6.07, 6.45) is 1.29. The lowest BCUT2D eigenvalue weighted by Crippen LogP contribution is -2.50.